The second-order valence-corrected chi connectivity index (χ2v) is 4.44. The molecule has 2 aliphatic rings. The van der Waals surface area contributed by atoms with Crippen LogP contribution in [0.15, 0.2) is 0 Å². The number of hydrogen-bond donors (Lipinski definition) is 1. The Hall–Kier alpha value is -0.570. The molecule has 0 bridgehead atoms. The lowest BCUT2D eigenvalue weighted by molar-refractivity contribution is -0.140. The number of rotatable bonds is 3. The third-order valence-electron chi connectivity index (χ3n) is 3.55. The molecule has 0 aliphatic heterocycles. The fourth-order valence-corrected chi connectivity index (χ4v) is 1.90. The third-order valence-corrected chi connectivity index (χ3v) is 3.55. The highest BCUT2D eigenvalue weighted by Crippen LogP contribution is 2.47. The van der Waals surface area contributed by atoms with Gasteiger partial charge in [-0.2, -0.15) is 0 Å². The number of carbonyl (C=O) groups is 1. The molecule has 0 aromatic heterocycles. The zero-order valence-electron chi connectivity index (χ0n) is 8.12. The highest BCUT2D eigenvalue weighted by molar-refractivity contribution is 5.85. The van der Waals surface area contributed by atoms with E-state index in [9.17, 15) is 4.79 Å². The summed E-state index contributed by atoms with van der Waals surface area (Å²) in [5.41, 5.74) is -0.371. The fourth-order valence-electron chi connectivity index (χ4n) is 1.90. The number of carbonyl (C=O) groups excluding carboxylic acids is 1. The van der Waals surface area contributed by atoms with Gasteiger partial charge >= 0.3 is 0 Å². The minimum atomic E-state index is -0.371. The molecule has 1 amide bonds. The third kappa shape index (κ3) is 1.35. The molecule has 2 saturated carbocycles. The van der Waals surface area contributed by atoms with Crippen LogP contribution in [-0.2, 0) is 4.79 Å². The number of aliphatic hydroxyl groups is 1. The first-order chi connectivity index (χ1) is 6.19. The first-order valence-electron chi connectivity index (χ1n) is 5.08. The Morgan fingerprint density at radius 1 is 1.54 bits per heavy atom. The summed E-state index contributed by atoms with van der Waals surface area (Å²) in [4.78, 5) is 13.7. The summed E-state index contributed by atoms with van der Waals surface area (Å²) < 4.78 is 0. The summed E-state index contributed by atoms with van der Waals surface area (Å²) >= 11 is 0. The SMILES string of the molecule is CN(C(=O)C1(CO)CC1)C1CCC1. The van der Waals surface area contributed by atoms with E-state index in [4.69, 9.17) is 5.11 Å². The zero-order chi connectivity index (χ0) is 9.47. The number of amides is 1. The van der Waals surface area contributed by atoms with Crippen LogP contribution in [0.5, 0.6) is 0 Å². The van der Waals surface area contributed by atoms with Gasteiger partial charge in [0.25, 0.3) is 0 Å². The molecule has 0 aromatic rings. The molecule has 13 heavy (non-hydrogen) atoms. The quantitative estimate of drug-likeness (QED) is 0.702. The number of hydrogen-bond acceptors (Lipinski definition) is 2. The van der Waals surface area contributed by atoms with E-state index >= 15 is 0 Å². The minimum Gasteiger partial charge on any atom is -0.395 e. The monoisotopic (exact) mass is 183 g/mol. The molecule has 0 spiro atoms. The van der Waals surface area contributed by atoms with Crippen LogP contribution < -0.4 is 0 Å². The molecule has 3 nitrogen and oxygen atoms in total. The number of nitrogens with zero attached hydrogens (tertiary/aromatic N) is 1. The molecule has 2 rings (SSSR count). The fraction of sp³-hybridized carbons (Fsp3) is 0.900. The summed E-state index contributed by atoms with van der Waals surface area (Å²) in [6.07, 6.45) is 5.28. The Bertz CT molecular complexity index is 219. The molecular weight excluding hydrogens is 166 g/mol. The predicted octanol–water partition coefficient (Wildman–Crippen LogP) is 0.770. The van der Waals surface area contributed by atoms with Crippen molar-refractivity contribution in [3.63, 3.8) is 0 Å². The first-order valence-corrected chi connectivity index (χ1v) is 5.08. The van der Waals surface area contributed by atoms with Crippen LogP contribution in [0.1, 0.15) is 32.1 Å². The van der Waals surface area contributed by atoms with Crippen molar-refractivity contribution in [3.8, 4) is 0 Å². The van der Waals surface area contributed by atoms with Crippen LogP contribution in [0.4, 0.5) is 0 Å². The minimum absolute atomic E-state index is 0.0306. The van der Waals surface area contributed by atoms with E-state index in [1.54, 1.807) is 0 Å². The molecule has 0 radical (unpaired) electrons. The van der Waals surface area contributed by atoms with Gasteiger partial charge in [-0.1, -0.05) is 0 Å². The van der Waals surface area contributed by atoms with Gasteiger partial charge in [0.1, 0.15) is 0 Å². The van der Waals surface area contributed by atoms with Gasteiger partial charge in [-0.25, -0.2) is 0 Å². The molecule has 0 unspecified atom stereocenters. The number of aliphatic hydroxyl groups excluding tert-OH is 1. The molecule has 0 saturated heterocycles. The lowest BCUT2D eigenvalue weighted by Gasteiger charge is -2.36. The van der Waals surface area contributed by atoms with E-state index in [0.717, 1.165) is 25.7 Å². The molecular formula is C10H17NO2. The largest absolute Gasteiger partial charge is 0.395 e. The molecule has 0 atom stereocenters. The van der Waals surface area contributed by atoms with Gasteiger partial charge in [0.15, 0.2) is 0 Å². The maximum absolute atomic E-state index is 11.9. The van der Waals surface area contributed by atoms with Crippen molar-refractivity contribution < 1.29 is 9.90 Å². The predicted molar refractivity (Wildman–Crippen MR) is 49.2 cm³/mol. The van der Waals surface area contributed by atoms with E-state index in [-0.39, 0.29) is 17.9 Å². The van der Waals surface area contributed by atoms with Gasteiger partial charge in [-0.3, -0.25) is 4.79 Å². The van der Waals surface area contributed by atoms with Crippen molar-refractivity contribution in [1.29, 1.82) is 0 Å². The van der Waals surface area contributed by atoms with Crippen molar-refractivity contribution >= 4 is 5.91 Å². The Kier molecular flexibility index (Phi) is 2.06. The van der Waals surface area contributed by atoms with E-state index in [1.807, 2.05) is 11.9 Å². The Balaban J connectivity index is 1.95. The van der Waals surface area contributed by atoms with E-state index < -0.39 is 0 Å². The highest BCUT2D eigenvalue weighted by Gasteiger charge is 2.51. The summed E-state index contributed by atoms with van der Waals surface area (Å²) in [6, 6.07) is 0.455. The first kappa shape index (κ1) is 9.00. The second kappa shape index (κ2) is 2.98. The van der Waals surface area contributed by atoms with Crippen LogP contribution in [0, 0.1) is 5.41 Å². The van der Waals surface area contributed by atoms with Crippen LogP contribution in [-0.4, -0.2) is 35.6 Å². The normalized spacial score (nSPS) is 25.1. The van der Waals surface area contributed by atoms with Gasteiger partial charge in [0.2, 0.25) is 5.91 Å². The van der Waals surface area contributed by atoms with Gasteiger partial charge in [0, 0.05) is 13.1 Å². The molecule has 0 aromatic carbocycles. The van der Waals surface area contributed by atoms with Gasteiger partial charge < -0.3 is 10.0 Å². The average Bonchev–Trinajstić information content (AvgIpc) is 2.80. The van der Waals surface area contributed by atoms with Crippen LogP contribution >= 0.6 is 0 Å². The molecule has 0 heterocycles. The summed E-state index contributed by atoms with van der Waals surface area (Å²) in [5.74, 6) is 0.166. The zero-order valence-corrected chi connectivity index (χ0v) is 8.12. The molecule has 1 N–H and O–H groups in total. The molecule has 3 heteroatoms. The van der Waals surface area contributed by atoms with Gasteiger partial charge in [-0.05, 0) is 32.1 Å². The Morgan fingerprint density at radius 3 is 2.46 bits per heavy atom. The maximum Gasteiger partial charge on any atom is 0.231 e. The maximum atomic E-state index is 11.9. The molecule has 2 fully saturated rings. The van der Waals surface area contributed by atoms with Crippen LogP contribution in [0.2, 0.25) is 0 Å². The molecule has 74 valence electrons. The lowest BCUT2D eigenvalue weighted by Crippen LogP contribution is -2.45. The van der Waals surface area contributed by atoms with Crippen LogP contribution in [0.3, 0.4) is 0 Å². The van der Waals surface area contributed by atoms with Crippen LogP contribution in [0.25, 0.3) is 0 Å². The van der Waals surface area contributed by atoms with E-state index in [2.05, 4.69) is 0 Å². The summed E-state index contributed by atoms with van der Waals surface area (Å²) in [6.45, 7) is 0.0306. The van der Waals surface area contributed by atoms with Gasteiger partial charge in [0.05, 0.1) is 12.0 Å². The topological polar surface area (TPSA) is 40.5 Å². The smallest absolute Gasteiger partial charge is 0.231 e. The molecule has 2 aliphatic carbocycles. The van der Waals surface area contributed by atoms with Crippen molar-refractivity contribution in [1.82, 2.24) is 4.90 Å². The van der Waals surface area contributed by atoms with Gasteiger partial charge in [-0.15, -0.1) is 0 Å². The summed E-state index contributed by atoms with van der Waals surface area (Å²) in [5, 5.41) is 9.10. The lowest BCUT2D eigenvalue weighted by atomic mass is 9.90. The van der Waals surface area contributed by atoms with Crippen molar-refractivity contribution in [2.75, 3.05) is 13.7 Å². The van der Waals surface area contributed by atoms with E-state index in [0.29, 0.717) is 6.04 Å². The Labute approximate surface area is 78.7 Å². The average molecular weight is 183 g/mol. The second-order valence-electron chi connectivity index (χ2n) is 4.44. The Morgan fingerprint density at radius 2 is 2.15 bits per heavy atom. The van der Waals surface area contributed by atoms with Crippen molar-refractivity contribution in [2.24, 2.45) is 5.41 Å². The standard InChI is InChI=1S/C10H17NO2/c1-11(8-3-2-4-8)9(13)10(7-12)5-6-10/h8,12H,2-7H2,1H3. The highest BCUT2D eigenvalue weighted by atomic mass is 16.3. The van der Waals surface area contributed by atoms with E-state index in [1.165, 1.54) is 6.42 Å². The summed E-state index contributed by atoms with van der Waals surface area (Å²) in [7, 11) is 1.88. The van der Waals surface area contributed by atoms with Crippen molar-refractivity contribution in [2.45, 2.75) is 38.1 Å². The van der Waals surface area contributed by atoms with Crippen molar-refractivity contribution in [3.05, 3.63) is 0 Å².